The number of benzene rings is 2. The van der Waals surface area contributed by atoms with Crippen molar-refractivity contribution in [3.63, 3.8) is 0 Å². The van der Waals surface area contributed by atoms with Gasteiger partial charge in [-0.3, -0.25) is 9.59 Å². The molecule has 6 nitrogen and oxygen atoms in total. The Balaban J connectivity index is 1.48. The highest BCUT2D eigenvalue weighted by Crippen LogP contribution is 2.43. The number of fused-ring (bicyclic) bond motifs is 1. The average Bonchev–Trinajstić information content (AvgIpc) is 3.21. The van der Waals surface area contributed by atoms with Crippen molar-refractivity contribution in [1.29, 1.82) is 0 Å². The molecule has 146 valence electrons. The Morgan fingerprint density at radius 2 is 1.68 bits per heavy atom. The van der Waals surface area contributed by atoms with Crippen LogP contribution in [0.3, 0.4) is 0 Å². The molecule has 1 saturated carbocycles. The number of anilines is 1. The van der Waals surface area contributed by atoms with Gasteiger partial charge in [0.25, 0.3) is 0 Å². The van der Waals surface area contributed by atoms with Gasteiger partial charge in [0.1, 0.15) is 0 Å². The van der Waals surface area contributed by atoms with Crippen LogP contribution in [-0.4, -0.2) is 25.2 Å². The number of hydrogen-bond donors (Lipinski definition) is 2. The monoisotopic (exact) mass is 380 g/mol. The van der Waals surface area contributed by atoms with Crippen LogP contribution in [0.1, 0.15) is 37.7 Å². The van der Waals surface area contributed by atoms with Crippen LogP contribution in [0.5, 0.6) is 11.5 Å². The van der Waals surface area contributed by atoms with Crippen molar-refractivity contribution in [2.75, 3.05) is 18.7 Å². The van der Waals surface area contributed by atoms with Crippen molar-refractivity contribution < 1.29 is 19.1 Å². The van der Waals surface area contributed by atoms with Gasteiger partial charge >= 0.3 is 0 Å². The van der Waals surface area contributed by atoms with E-state index in [2.05, 4.69) is 10.6 Å². The number of hydrogen-bond acceptors (Lipinski definition) is 4. The quantitative estimate of drug-likeness (QED) is 0.834. The highest BCUT2D eigenvalue weighted by Gasteiger charge is 2.41. The second kappa shape index (κ2) is 7.92. The van der Waals surface area contributed by atoms with E-state index < -0.39 is 5.41 Å². The summed E-state index contributed by atoms with van der Waals surface area (Å²) in [6.45, 7) is 0.150. The van der Waals surface area contributed by atoms with E-state index in [4.69, 9.17) is 9.47 Å². The SMILES string of the molecule is O=C(CNC(=O)C1(c2ccc3c(c2)OCO3)CCCCC1)Nc1ccccc1. The van der Waals surface area contributed by atoms with E-state index in [0.717, 1.165) is 37.7 Å². The Labute approximate surface area is 164 Å². The molecule has 1 heterocycles. The second-order valence-electron chi connectivity index (χ2n) is 7.31. The van der Waals surface area contributed by atoms with Gasteiger partial charge in [0, 0.05) is 5.69 Å². The van der Waals surface area contributed by atoms with Crippen LogP contribution in [0, 0.1) is 0 Å². The third-order valence-corrected chi connectivity index (χ3v) is 5.53. The maximum absolute atomic E-state index is 13.2. The maximum Gasteiger partial charge on any atom is 0.243 e. The average molecular weight is 380 g/mol. The number of ether oxygens (including phenoxy) is 2. The highest BCUT2D eigenvalue weighted by atomic mass is 16.7. The number of nitrogens with one attached hydrogen (secondary N) is 2. The van der Waals surface area contributed by atoms with Gasteiger partial charge in [-0.25, -0.2) is 0 Å². The van der Waals surface area contributed by atoms with Crippen molar-refractivity contribution in [3.8, 4) is 11.5 Å². The molecule has 1 aliphatic heterocycles. The van der Waals surface area contributed by atoms with Crippen molar-refractivity contribution in [2.45, 2.75) is 37.5 Å². The van der Waals surface area contributed by atoms with E-state index in [9.17, 15) is 9.59 Å². The molecule has 4 rings (SSSR count). The van der Waals surface area contributed by atoms with Gasteiger partial charge in [-0.2, -0.15) is 0 Å². The maximum atomic E-state index is 13.2. The lowest BCUT2D eigenvalue weighted by Gasteiger charge is -2.36. The first-order valence-electron chi connectivity index (χ1n) is 9.71. The highest BCUT2D eigenvalue weighted by molar-refractivity contribution is 5.96. The minimum Gasteiger partial charge on any atom is -0.454 e. The van der Waals surface area contributed by atoms with Gasteiger partial charge in [-0.15, -0.1) is 0 Å². The molecule has 0 atom stereocenters. The molecule has 2 N–H and O–H groups in total. The molecule has 2 aliphatic rings. The van der Waals surface area contributed by atoms with Gasteiger partial charge in [0.2, 0.25) is 18.6 Å². The molecule has 0 spiro atoms. The lowest BCUT2D eigenvalue weighted by Crippen LogP contribution is -2.47. The van der Waals surface area contributed by atoms with Crippen molar-refractivity contribution in [2.24, 2.45) is 0 Å². The minimum atomic E-state index is -0.633. The molecule has 0 unspecified atom stereocenters. The molecule has 28 heavy (non-hydrogen) atoms. The fraction of sp³-hybridized carbons (Fsp3) is 0.364. The van der Waals surface area contributed by atoms with Crippen molar-refractivity contribution in [3.05, 3.63) is 54.1 Å². The molecule has 0 radical (unpaired) electrons. The topological polar surface area (TPSA) is 76.7 Å². The van der Waals surface area contributed by atoms with Crippen molar-refractivity contribution in [1.82, 2.24) is 5.32 Å². The molecule has 1 fully saturated rings. The normalized spacial score (nSPS) is 17.0. The van der Waals surface area contributed by atoms with Crippen LogP contribution < -0.4 is 20.1 Å². The Hall–Kier alpha value is -3.02. The summed E-state index contributed by atoms with van der Waals surface area (Å²) in [5, 5.41) is 5.65. The number of amides is 2. The number of rotatable bonds is 5. The number of carbonyl (C=O) groups excluding carboxylic acids is 2. The first-order chi connectivity index (χ1) is 13.7. The third-order valence-electron chi connectivity index (χ3n) is 5.53. The molecular formula is C22H24N2O4. The standard InChI is InChI=1S/C22H24N2O4/c25-20(24-17-7-3-1-4-8-17)14-23-21(26)22(11-5-2-6-12-22)16-9-10-18-19(13-16)28-15-27-18/h1,3-4,7-10,13H,2,5-6,11-12,14-15H2,(H,23,26)(H,24,25). The van der Waals surface area contributed by atoms with E-state index in [-0.39, 0.29) is 25.2 Å². The van der Waals surface area contributed by atoms with Crippen LogP contribution >= 0.6 is 0 Å². The minimum absolute atomic E-state index is 0.0555. The van der Waals surface area contributed by atoms with Crippen LogP contribution in [0.25, 0.3) is 0 Å². The lowest BCUT2D eigenvalue weighted by molar-refractivity contribution is -0.129. The molecule has 2 amide bonds. The van der Waals surface area contributed by atoms with Crippen LogP contribution in [0.15, 0.2) is 48.5 Å². The van der Waals surface area contributed by atoms with E-state index in [0.29, 0.717) is 17.2 Å². The predicted octanol–water partition coefficient (Wildman–Crippen LogP) is 3.37. The zero-order valence-electron chi connectivity index (χ0n) is 15.7. The van der Waals surface area contributed by atoms with E-state index in [1.807, 2.05) is 48.5 Å². The molecular weight excluding hydrogens is 356 g/mol. The Bertz CT molecular complexity index is 860. The molecule has 0 bridgehead atoms. The van der Waals surface area contributed by atoms with Gasteiger partial charge < -0.3 is 20.1 Å². The smallest absolute Gasteiger partial charge is 0.243 e. The summed E-state index contributed by atoms with van der Waals surface area (Å²) < 4.78 is 10.9. The van der Waals surface area contributed by atoms with E-state index in [1.165, 1.54) is 0 Å². The van der Waals surface area contributed by atoms with Crippen LogP contribution in [0.4, 0.5) is 5.69 Å². The van der Waals surface area contributed by atoms with Gasteiger partial charge in [-0.05, 0) is 42.7 Å². The zero-order valence-corrected chi connectivity index (χ0v) is 15.7. The fourth-order valence-corrected chi connectivity index (χ4v) is 4.05. The Kier molecular flexibility index (Phi) is 5.19. The van der Waals surface area contributed by atoms with Gasteiger partial charge in [0.15, 0.2) is 11.5 Å². The van der Waals surface area contributed by atoms with E-state index in [1.54, 1.807) is 0 Å². The van der Waals surface area contributed by atoms with Crippen LogP contribution in [-0.2, 0) is 15.0 Å². The predicted molar refractivity (Wildman–Crippen MR) is 105 cm³/mol. The fourth-order valence-electron chi connectivity index (χ4n) is 4.05. The van der Waals surface area contributed by atoms with Gasteiger partial charge in [0.05, 0.1) is 12.0 Å². The first-order valence-corrected chi connectivity index (χ1v) is 9.71. The van der Waals surface area contributed by atoms with Crippen LogP contribution in [0.2, 0.25) is 0 Å². The second-order valence-corrected chi connectivity index (χ2v) is 7.31. The molecule has 2 aromatic carbocycles. The Morgan fingerprint density at radius 1 is 0.929 bits per heavy atom. The molecule has 2 aromatic rings. The first kappa shape index (κ1) is 18.3. The zero-order chi connectivity index (χ0) is 19.4. The summed E-state index contributed by atoms with van der Waals surface area (Å²) in [5.41, 5.74) is 1.01. The summed E-state index contributed by atoms with van der Waals surface area (Å²) in [6, 6.07) is 14.9. The van der Waals surface area contributed by atoms with Gasteiger partial charge in [-0.1, -0.05) is 43.5 Å². The summed E-state index contributed by atoms with van der Waals surface area (Å²) in [5.74, 6) is 1.04. The molecule has 0 aromatic heterocycles. The number of para-hydroxylation sites is 1. The summed E-state index contributed by atoms with van der Waals surface area (Å²) >= 11 is 0. The van der Waals surface area contributed by atoms with Crippen molar-refractivity contribution >= 4 is 17.5 Å². The number of carbonyl (C=O) groups is 2. The lowest BCUT2D eigenvalue weighted by atomic mass is 9.68. The van der Waals surface area contributed by atoms with E-state index >= 15 is 0 Å². The summed E-state index contributed by atoms with van der Waals surface area (Å²) in [7, 11) is 0. The molecule has 6 heteroatoms. The third kappa shape index (κ3) is 3.67. The Morgan fingerprint density at radius 3 is 2.46 bits per heavy atom. The molecule has 1 aliphatic carbocycles. The largest absolute Gasteiger partial charge is 0.454 e. The summed E-state index contributed by atoms with van der Waals surface area (Å²) in [4.78, 5) is 25.4. The molecule has 0 saturated heterocycles. The summed E-state index contributed by atoms with van der Waals surface area (Å²) in [6.07, 6.45) is 4.61.